The fourth-order valence-corrected chi connectivity index (χ4v) is 3.81. The van der Waals surface area contributed by atoms with E-state index >= 15 is 0 Å². The summed E-state index contributed by atoms with van der Waals surface area (Å²) in [5.74, 6) is 5.44. The Morgan fingerprint density at radius 1 is 1.19 bits per heavy atom. The number of nitrogens with zero attached hydrogens (tertiary/aromatic N) is 3. The molecule has 200 valence electrons. The van der Waals surface area contributed by atoms with E-state index in [0.717, 1.165) is 21.9 Å². The van der Waals surface area contributed by atoms with Gasteiger partial charge in [0.1, 0.15) is 12.6 Å². The number of amides is 1. The number of halogens is 3. The van der Waals surface area contributed by atoms with Crippen molar-refractivity contribution in [1.29, 1.82) is 0 Å². The van der Waals surface area contributed by atoms with Crippen LogP contribution in [0.25, 0.3) is 0 Å². The molecule has 4 N–H and O–H groups in total. The smallest absolute Gasteiger partial charge is 0.398 e. The van der Waals surface area contributed by atoms with Crippen molar-refractivity contribution in [3.63, 3.8) is 0 Å². The van der Waals surface area contributed by atoms with Crippen LogP contribution in [0.15, 0.2) is 89.3 Å². The summed E-state index contributed by atoms with van der Waals surface area (Å²) in [4.78, 5) is 18.3. The largest absolute Gasteiger partial charge is 0.406 e. The van der Waals surface area contributed by atoms with Crippen LogP contribution < -0.4 is 16.5 Å². The lowest BCUT2D eigenvalue weighted by molar-refractivity contribution is -0.135. The van der Waals surface area contributed by atoms with Gasteiger partial charge in [0.2, 0.25) is 0 Å². The number of rotatable bonds is 11. The van der Waals surface area contributed by atoms with Crippen LogP contribution in [0.1, 0.15) is 38.7 Å². The molecule has 0 saturated carbocycles. The molecule has 9 heteroatoms. The number of fused-ring (bicyclic) bond motifs is 1. The van der Waals surface area contributed by atoms with Crippen molar-refractivity contribution in [3.8, 4) is 0 Å². The molecule has 0 saturated heterocycles. The minimum atomic E-state index is -4.56. The number of carbonyl (C=O) groups excluding carboxylic acids is 1. The SMILES string of the molecule is C/C=C\CC=C(/C=C/C(N)=C/N(N)C1CCc2ccccc2N(CC(F)(F)F)C1=O)CC=NC/C=C\C. The van der Waals surface area contributed by atoms with E-state index in [4.69, 9.17) is 11.6 Å². The van der Waals surface area contributed by atoms with Crippen LogP contribution in [0.2, 0.25) is 0 Å². The fourth-order valence-electron chi connectivity index (χ4n) is 3.81. The summed E-state index contributed by atoms with van der Waals surface area (Å²) in [6.45, 7) is 3.10. The number of allylic oxidation sites excluding steroid dienone is 7. The Kier molecular flexibility index (Phi) is 11.9. The lowest BCUT2D eigenvalue weighted by Gasteiger charge is -2.30. The Hall–Kier alpha value is -3.59. The van der Waals surface area contributed by atoms with E-state index in [0.29, 0.717) is 24.9 Å². The van der Waals surface area contributed by atoms with Crippen LogP contribution in [0.3, 0.4) is 0 Å². The molecule has 0 radical (unpaired) electrons. The number of aryl methyl sites for hydroxylation is 1. The molecule has 1 aliphatic rings. The summed E-state index contributed by atoms with van der Waals surface area (Å²) in [5, 5.41) is 1.11. The molecule has 37 heavy (non-hydrogen) atoms. The molecule has 1 aromatic rings. The van der Waals surface area contributed by atoms with Gasteiger partial charge in [-0.1, -0.05) is 54.7 Å². The van der Waals surface area contributed by atoms with Gasteiger partial charge in [0.25, 0.3) is 5.91 Å². The van der Waals surface area contributed by atoms with Gasteiger partial charge in [-0.25, -0.2) is 5.84 Å². The third-order valence-electron chi connectivity index (χ3n) is 5.66. The third-order valence-corrected chi connectivity index (χ3v) is 5.66. The standard InChI is InChI=1S/C28H36F3N5O/c1-3-5-7-10-22(17-19-34-18-6-4-2)13-15-24(32)20-36(33)26-16-14-23-11-8-9-12-25(23)35(27(26)37)21-28(29,30)31/h3-6,8-13,15,19-20,26H,7,14,16-18,21,32-33H2,1-2H3/b5-3-,6-4-,15-13+,22-10?,24-20-,34-19?. The molecule has 0 fully saturated rings. The van der Waals surface area contributed by atoms with Crippen molar-refractivity contribution < 1.29 is 18.0 Å². The van der Waals surface area contributed by atoms with E-state index in [2.05, 4.69) is 4.99 Å². The van der Waals surface area contributed by atoms with Crippen LogP contribution in [-0.2, 0) is 11.2 Å². The number of para-hydroxylation sites is 1. The highest BCUT2D eigenvalue weighted by Crippen LogP contribution is 2.31. The van der Waals surface area contributed by atoms with Gasteiger partial charge in [0.15, 0.2) is 0 Å². The summed E-state index contributed by atoms with van der Waals surface area (Å²) in [5.41, 5.74) is 8.32. The first-order chi connectivity index (χ1) is 17.7. The minimum Gasteiger partial charge on any atom is -0.398 e. The summed E-state index contributed by atoms with van der Waals surface area (Å²) in [6, 6.07) is 5.62. The van der Waals surface area contributed by atoms with Gasteiger partial charge in [-0.05, 0) is 56.4 Å². The molecule has 0 bridgehead atoms. The number of benzene rings is 1. The number of alkyl halides is 3. The van der Waals surface area contributed by atoms with Crippen molar-refractivity contribution in [2.75, 3.05) is 18.0 Å². The first-order valence-corrected chi connectivity index (χ1v) is 12.2. The number of hydrogen-bond acceptors (Lipinski definition) is 5. The van der Waals surface area contributed by atoms with E-state index < -0.39 is 24.7 Å². The average Bonchev–Trinajstić information content (AvgIpc) is 2.98. The zero-order valence-corrected chi connectivity index (χ0v) is 21.4. The Morgan fingerprint density at radius 3 is 2.62 bits per heavy atom. The van der Waals surface area contributed by atoms with E-state index in [1.54, 1.807) is 24.3 Å². The number of aliphatic imine (C=N–C) groups is 1. The zero-order chi connectivity index (χ0) is 27.3. The van der Waals surface area contributed by atoms with Crippen LogP contribution in [0, 0.1) is 0 Å². The van der Waals surface area contributed by atoms with Gasteiger partial charge >= 0.3 is 6.18 Å². The van der Waals surface area contributed by atoms with Gasteiger partial charge in [0.05, 0.1) is 6.54 Å². The van der Waals surface area contributed by atoms with Crippen molar-refractivity contribution in [1.82, 2.24) is 5.01 Å². The van der Waals surface area contributed by atoms with Crippen molar-refractivity contribution >= 4 is 17.8 Å². The number of carbonyl (C=O) groups is 1. The number of hydrogen-bond donors (Lipinski definition) is 2. The zero-order valence-electron chi connectivity index (χ0n) is 21.4. The fraction of sp³-hybridized carbons (Fsp3) is 0.357. The monoisotopic (exact) mass is 515 g/mol. The van der Waals surface area contributed by atoms with Gasteiger partial charge in [-0.2, -0.15) is 13.2 Å². The molecule has 1 heterocycles. The van der Waals surface area contributed by atoms with E-state index in [1.807, 2.05) is 56.5 Å². The minimum absolute atomic E-state index is 0.254. The van der Waals surface area contributed by atoms with Gasteiger partial charge in [-0.15, -0.1) is 0 Å². The van der Waals surface area contributed by atoms with E-state index in [9.17, 15) is 18.0 Å². The lowest BCUT2D eigenvalue weighted by atomic mass is 10.1. The lowest BCUT2D eigenvalue weighted by Crippen LogP contribution is -2.51. The van der Waals surface area contributed by atoms with Crippen molar-refractivity contribution in [2.45, 2.75) is 51.7 Å². The molecule has 6 nitrogen and oxygen atoms in total. The quantitative estimate of drug-likeness (QED) is 0.137. The van der Waals surface area contributed by atoms with Gasteiger partial charge in [0, 0.05) is 30.2 Å². The summed E-state index contributed by atoms with van der Waals surface area (Å²) < 4.78 is 39.9. The van der Waals surface area contributed by atoms with Gasteiger partial charge < -0.3 is 15.6 Å². The van der Waals surface area contributed by atoms with Crippen LogP contribution in [0.4, 0.5) is 18.9 Å². The molecular formula is C28H36F3N5O. The topological polar surface area (TPSA) is 88.0 Å². The van der Waals surface area contributed by atoms with Crippen LogP contribution in [-0.4, -0.2) is 42.4 Å². The Morgan fingerprint density at radius 2 is 1.92 bits per heavy atom. The maximum absolute atomic E-state index is 13.3. The second-order valence-electron chi connectivity index (χ2n) is 8.54. The van der Waals surface area contributed by atoms with Crippen LogP contribution >= 0.6 is 0 Å². The van der Waals surface area contributed by atoms with E-state index in [-0.39, 0.29) is 17.8 Å². The number of hydrazine groups is 1. The summed E-state index contributed by atoms with van der Waals surface area (Å²) in [6.07, 6.45) is 14.1. The normalized spacial score (nSPS) is 17.9. The van der Waals surface area contributed by atoms with Gasteiger partial charge in [-0.3, -0.25) is 9.79 Å². The molecule has 0 aliphatic carbocycles. The maximum Gasteiger partial charge on any atom is 0.406 e. The van der Waals surface area contributed by atoms with Crippen molar-refractivity contribution in [3.05, 3.63) is 89.8 Å². The van der Waals surface area contributed by atoms with Crippen LogP contribution in [0.5, 0.6) is 0 Å². The molecule has 1 amide bonds. The summed E-state index contributed by atoms with van der Waals surface area (Å²) in [7, 11) is 0. The molecule has 1 unspecified atom stereocenters. The molecule has 1 aliphatic heterocycles. The van der Waals surface area contributed by atoms with E-state index in [1.165, 1.54) is 12.3 Å². The second kappa shape index (κ2) is 14.8. The highest BCUT2D eigenvalue weighted by Gasteiger charge is 2.39. The maximum atomic E-state index is 13.3. The third kappa shape index (κ3) is 10.1. The molecule has 2 rings (SSSR count). The molecule has 0 spiro atoms. The Labute approximate surface area is 217 Å². The van der Waals surface area contributed by atoms with Crippen molar-refractivity contribution in [2.24, 2.45) is 16.6 Å². The molecule has 1 atom stereocenters. The summed E-state index contributed by atoms with van der Waals surface area (Å²) >= 11 is 0. The highest BCUT2D eigenvalue weighted by molar-refractivity contribution is 5.98. The molecule has 0 aromatic heterocycles. The highest BCUT2D eigenvalue weighted by atomic mass is 19.4. The first-order valence-electron chi connectivity index (χ1n) is 12.2. The molecular weight excluding hydrogens is 479 g/mol. The Balaban J connectivity index is 2.20. The second-order valence-corrected chi connectivity index (χ2v) is 8.54. The predicted octanol–water partition coefficient (Wildman–Crippen LogP) is 5.36. The Bertz CT molecular complexity index is 1070. The number of nitrogens with two attached hydrogens (primary N) is 2. The predicted molar refractivity (Wildman–Crippen MR) is 145 cm³/mol. The molecule has 1 aromatic carbocycles. The average molecular weight is 516 g/mol. The number of anilines is 1. The first kappa shape index (κ1) is 29.6.